The van der Waals surface area contributed by atoms with Gasteiger partial charge in [-0.25, -0.2) is 4.98 Å². The van der Waals surface area contributed by atoms with Crippen molar-refractivity contribution in [2.45, 2.75) is 63.5 Å². The lowest BCUT2D eigenvalue weighted by Crippen LogP contribution is -2.38. The molecule has 2 fully saturated rings. The van der Waals surface area contributed by atoms with Crippen molar-refractivity contribution in [1.29, 1.82) is 0 Å². The van der Waals surface area contributed by atoms with Crippen LogP contribution in [0.4, 0.5) is 0 Å². The molecule has 122 valence electrons. The number of nitrogens with one attached hydrogen (secondary N) is 2. The van der Waals surface area contributed by atoms with E-state index in [0.717, 1.165) is 18.7 Å². The molecule has 6 nitrogen and oxygen atoms in total. The first-order valence-corrected chi connectivity index (χ1v) is 8.60. The van der Waals surface area contributed by atoms with E-state index in [2.05, 4.69) is 20.7 Å². The molecule has 1 amide bonds. The first-order valence-electron chi connectivity index (χ1n) is 8.60. The molecular formula is C16H27N5O. The molecule has 0 bridgehead atoms. The van der Waals surface area contributed by atoms with Crippen LogP contribution in [0.15, 0.2) is 6.33 Å². The van der Waals surface area contributed by atoms with E-state index < -0.39 is 0 Å². The van der Waals surface area contributed by atoms with Crippen LogP contribution in [0, 0.1) is 5.92 Å². The van der Waals surface area contributed by atoms with Crippen molar-refractivity contribution in [3.05, 3.63) is 12.2 Å². The Bertz CT molecular complexity index is 490. The Morgan fingerprint density at radius 2 is 2.09 bits per heavy atom. The Balaban J connectivity index is 1.43. The predicted octanol–water partition coefficient (Wildman–Crippen LogP) is 1.69. The number of hydrogen-bond acceptors (Lipinski definition) is 4. The summed E-state index contributed by atoms with van der Waals surface area (Å²) in [5, 5.41) is 10.8. The van der Waals surface area contributed by atoms with Crippen molar-refractivity contribution in [1.82, 2.24) is 25.4 Å². The fourth-order valence-electron chi connectivity index (χ4n) is 3.37. The third-order valence-electron chi connectivity index (χ3n) is 4.80. The minimum atomic E-state index is 0.173. The van der Waals surface area contributed by atoms with E-state index in [0.29, 0.717) is 24.9 Å². The maximum atomic E-state index is 12.0. The highest BCUT2D eigenvalue weighted by Gasteiger charge is 2.34. The van der Waals surface area contributed by atoms with Gasteiger partial charge < -0.3 is 10.6 Å². The highest BCUT2D eigenvalue weighted by molar-refractivity contribution is 5.76. The van der Waals surface area contributed by atoms with Gasteiger partial charge >= 0.3 is 0 Å². The van der Waals surface area contributed by atoms with Crippen molar-refractivity contribution >= 4 is 5.91 Å². The summed E-state index contributed by atoms with van der Waals surface area (Å²) in [6.07, 6.45) is 10.7. The zero-order valence-corrected chi connectivity index (χ0v) is 13.4. The monoisotopic (exact) mass is 305 g/mol. The normalized spacial score (nSPS) is 20.8. The van der Waals surface area contributed by atoms with E-state index in [-0.39, 0.29) is 11.9 Å². The fourth-order valence-corrected chi connectivity index (χ4v) is 3.37. The van der Waals surface area contributed by atoms with Crippen LogP contribution in [0.3, 0.4) is 0 Å². The zero-order chi connectivity index (χ0) is 15.4. The van der Waals surface area contributed by atoms with Gasteiger partial charge in [0, 0.05) is 26.1 Å². The molecule has 0 unspecified atom stereocenters. The summed E-state index contributed by atoms with van der Waals surface area (Å²) < 4.78 is 1.83. The Morgan fingerprint density at radius 1 is 1.32 bits per heavy atom. The molecule has 2 aliphatic carbocycles. The lowest BCUT2D eigenvalue weighted by Gasteiger charge is -2.23. The van der Waals surface area contributed by atoms with E-state index in [1.807, 2.05) is 11.7 Å². The van der Waals surface area contributed by atoms with E-state index >= 15 is 0 Å². The molecule has 0 aromatic carbocycles. The fraction of sp³-hybridized carbons (Fsp3) is 0.812. The Morgan fingerprint density at radius 3 is 2.73 bits per heavy atom. The van der Waals surface area contributed by atoms with Crippen LogP contribution < -0.4 is 10.6 Å². The minimum Gasteiger partial charge on any atom is -0.353 e. The summed E-state index contributed by atoms with van der Waals surface area (Å²) in [6.45, 7) is 0.701. The third-order valence-corrected chi connectivity index (χ3v) is 4.80. The van der Waals surface area contributed by atoms with Crippen LogP contribution in [0.2, 0.25) is 0 Å². The van der Waals surface area contributed by atoms with Crippen LogP contribution in [0.1, 0.15) is 63.2 Å². The third kappa shape index (κ3) is 4.06. The number of hydrogen-bond donors (Lipinski definition) is 2. The van der Waals surface area contributed by atoms with Crippen molar-refractivity contribution < 1.29 is 4.79 Å². The van der Waals surface area contributed by atoms with Crippen molar-refractivity contribution in [3.8, 4) is 0 Å². The van der Waals surface area contributed by atoms with Gasteiger partial charge in [-0.3, -0.25) is 9.48 Å². The van der Waals surface area contributed by atoms with Gasteiger partial charge in [-0.15, -0.1) is 0 Å². The molecule has 22 heavy (non-hydrogen) atoms. The van der Waals surface area contributed by atoms with E-state index in [9.17, 15) is 4.79 Å². The first kappa shape index (κ1) is 15.5. The second kappa shape index (κ2) is 7.22. The van der Waals surface area contributed by atoms with Gasteiger partial charge in [-0.05, 0) is 31.6 Å². The molecule has 6 heteroatoms. The van der Waals surface area contributed by atoms with Crippen LogP contribution in [0.5, 0.6) is 0 Å². The molecule has 1 aromatic rings. The smallest absolute Gasteiger partial charge is 0.221 e. The van der Waals surface area contributed by atoms with Gasteiger partial charge in [0.05, 0.1) is 6.04 Å². The SMILES string of the molecule is Cn1ncnc1[C@H](NCCC(=O)NC1CCCCC1)C1CC1. The van der Waals surface area contributed by atoms with Gasteiger partial charge in [0.25, 0.3) is 0 Å². The van der Waals surface area contributed by atoms with Crippen LogP contribution in [-0.2, 0) is 11.8 Å². The van der Waals surface area contributed by atoms with Gasteiger partial charge in [0.15, 0.2) is 0 Å². The average Bonchev–Trinajstić information content (AvgIpc) is 3.27. The number of nitrogens with zero attached hydrogens (tertiary/aromatic N) is 3. The van der Waals surface area contributed by atoms with Crippen LogP contribution >= 0.6 is 0 Å². The lowest BCUT2D eigenvalue weighted by molar-refractivity contribution is -0.121. The molecule has 1 atom stereocenters. The molecule has 1 aromatic heterocycles. The van der Waals surface area contributed by atoms with E-state index in [4.69, 9.17) is 0 Å². The molecule has 3 rings (SSSR count). The average molecular weight is 305 g/mol. The highest BCUT2D eigenvalue weighted by Crippen LogP contribution is 2.40. The molecule has 0 radical (unpaired) electrons. The lowest BCUT2D eigenvalue weighted by atomic mass is 9.95. The molecule has 0 saturated heterocycles. The molecule has 1 heterocycles. The largest absolute Gasteiger partial charge is 0.353 e. The minimum absolute atomic E-state index is 0.173. The second-order valence-electron chi connectivity index (χ2n) is 6.66. The topological polar surface area (TPSA) is 71.8 Å². The van der Waals surface area contributed by atoms with Crippen molar-refractivity contribution in [2.24, 2.45) is 13.0 Å². The standard InChI is InChI=1S/C16H27N5O/c1-21-16(18-11-19-21)15(12-7-8-12)17-10-9-14(22)20-13-5-3-2-4-6-13/h11-13,15,17H,2-10H2,1H3,(H,20,22)/t15-/m1/s1. The number of carbonyl (C=O) groups is 1. The predicted molar refractivity (Wildman–Crippen MR) is 84.1 cm³/mol. The number of amides is 1. The molecular weight excluding hydrogens is 278 g/mol. The zero-order valence-electron chi connectivity index (χ0n) is 13.4. The Kier molecular flexibility index (Phi) is 5.08. The van der Waals surface area contributed by atoms with Crippen LogP contribution in [0.25, 0.3) is 0 Å². The van der Waals surface area contributed by atoms with Crippen molar-refractivity contribution in [2.75, 3.05) is 6.54 Å². The highest BCUT2D eigenvalue weighted by atomic mass is 16.1. The second-order valence-corrected chi connectivity index (χ2v) is 6.66. The summed E-state index contributed by atoms with van der Waals surface area (Å²) in [5.74, 6) is 1.80. The molecule has 0 aliphatic heterocycles. The van der Waals surface area contributed by atoms with Gasteiger partial charge in [-0.1, -0.05) is 19.3 Å². The summed E-state index contributed by atoms with van der Waals surface area (Å²) >= 11 is 0. The number of aryl methyl sites for hydroxylation is 1. The molecule has 2 aliphatic rings. The maximum absolute atomic E-state index is 12.0. The Labute approximate surface area is 132 Å². The molecule has 2 N–H and O–H groups in total. The first-order chi connectivity index (χ1) is 10.7. The summed E-state index contributed by atoms with van der Waals surface area (Å²) in [6, 6.07) is 0.634. The van der Waals surface area contributed by atoms with Gasteiger partial charge in [0.2, 0.25) is 5.91 Å². The molecule has 2 saturated carbocycles. The van der Waals surface area contributed by atoms with Crippen molar-refractivity contribution in [3.63, 3.8) is 0 Å². The van der Waals surface area contributed by atoms with Gasteiger partial charge in [-0.2, -0.15) is 5.10 Å². The number of aromatic nitrogens is 3. The maximum Gasteiger partial charge on any atom is 0.221 e. The van der Waals surface area contributed by atoms with E-state index in [1.54, 1.807) is 6.33 Å². The summed E-state index contributed by atoms with van der Waals surface area (Å²) in [7, 11) is 1.93. The Hall–Kier alpha value is -1.43. The summed E-state index contributed by atoms with van der Waals surface area (Å²) in [5.41, 5.74) is 0. The van der Waals surface area contributed by atoms with Crippen LogP contribution in [-0.4, -0.2) is 33.3 Å². The molecule has 0 spiro atoms. The van der Waals surface area contributed by atoms with E-state index in [1.165, 1.54) is 32.1 Å². The quantitative estimate of drug-likeness (QED) is 0.804. The number of carbonyl (C=O) groups excluding carboxylic acids is 1. The van der Waals surface area contributed by atoms with Gasteiger partial charge in [0.1, 0.15) is 12.2 Å². The number of rotatable bonds is 7. The summed E-state index contributed by atoms with van der Waals surface area (Å²) in [4.78, 5) is 16.4.